The van der Waals surface area contributed by atoms with E-state index in [1.165, 1.54) is 17.4 Å². The highest BCUT2D eigenvalue weighted by Crippen LogP contribution is 2.24. The van der Waals surface area contributed by atoms with E-state index in [0.717, 1.165) is 15.9 Å². The number of anilines is 1. The zero-order valence-corrected chi connectivity index (χ0v) is 11.7. The van der Waals surface area contributed by atoms with Crippen molar-refractivity contribution in [2.24, 2.45) is 0 Å². The molecule has 0 unspecified atom stereocenters. The van der Waals surface area contributed by atoms with Gasteiger partial charge in [-0.15, -0.1) is 11.3 Å². The fraction of sp³-hybridized carbons (Fsp3) is 0. The summed E-state index contributed by atoms with van der Waals surface area (Å²) in [4.78, 5) is 23.3. The maximum absolute atomic E-state index is 13.0. The molecule has 2 aromatic rings. The van der Waals surface area contributed by atoms with E-state index in [2.05, 4.69) is 21.2 Å². The van der Waals surface area contributed by atoms with E-state index in [1.54, 1.807) is 12.1 Å². The molecule has 2 N–H and O–H groups in total. The summed E-state index contributed by atoms with van der Waals surface area (Å²) in [7, 11) is 0. The van der Waals surface area contributed by atoms with Crippen LogP contribution < -0.4 is 5.32 Å². The minimum Gasteiger partial charge on any atom is -0.478 e. The van der Waals surface area contributed by atoms with Crippen molar-refractivity contribution >= 4 is 44.8 Å². The smallest absolute Gasteiger partial charge is 0.337 e. The van der Waals surface area contributed by atoms with Crippen LogP contribution in [0.15, 0.2) is 34.1 Å². The molecule has 0 radical (unpaired) electrons. The van der Waals surface area contributed by atoms with Crippen LogP contribution in [0.3, 0.4) is 0 Å². The van der Waals surface area contributed by atoms with Crippen molar-refractivity contribution in [3.05, 3.63) is 50.4 Å². The highest BCUT2D eigenvalue weighted by atomic mass is 79.9. The molecule has 0 atom stereocenters. The average Bonchev–Trinajstić information content (AvgIpc) is 2.78. The summed E-state index contributed by atoms with van der Waals surface area (Å²) < 4.78 is 13.8. The molecule has 4 nitrogen and oxygen atoms in total. The van der Waals surface area contributed by atoms with Crippen molar-refractivity contribution < 1.29 is 19.1 Å². The third-order valence-electron chi connectivity index (χ3n) is 2.26. The lowest BCUT2D eigenvalue weighted by Crippen LogP contribution is -2.13. The fourth-order valence-corrected chi connectivity index (χ4v) is 2.70. The van der Waals surface area contributed by atoms with Crippen LogP contribution in [0.25, 0.3) is 0 Å². The van der Waals surface area contributed by atoms with Crippen molar-refractivity contribution in [2.75, 3.05) is 5.32 Å². The van der Waals surface area contributed by atoms with Gasteiger partial charge in [0, 0.05) is 0 Å². The van der Waals surface area contributed by atoms with Crippen LogP contribution >= 0.6 is 27.3 Å². The molecule has 0 aliphatic carbocycles. The second-order valence-electron chi connectivity index (χ2n) is 3.55. The van der Waals surface area contributed by atoms with Crippen molar-refractivity contribution in [2.45, 2.75) is 0 Å². The topological polar surface area (TPSA) is 66.4 Å². The number of carboxylic acids is 1. The van der Waals surface area contributed by atoms with E-state index in [0.29, 0.717) is 4.88 Å². The number of carboxylic acid groups (broad SMARTS) is 1. The number of benzene rings is 1. The van der Waals surface area contributed by atoms with Gasteiger partial charge in [-0.1, -0.05) is 0 Å². The summed E-state index contributed by atoms with van der Waals surface area (Å²) in [6.45, 7) is 0. The molecule has 98 valence electrons. The van der Waals surface area contributed by atoms with Crippen LogP contribution in [0.5, 0.6) is 0 Å². The van der Waals surface area contributed by atoms with Crippen molar-refractivity contribution in [3.63, 3.8) is 0 Å². The summed E-state index contributed by atoms with van der Waals surface area (Å²) in [5, 5.41) is 11.4. The van der Waals surface area contributed by atoms with E-state index in [-0.39, 0.29) is 11.3 Å². The second-order valence-corrected chi connectivity index (χ2v) is 6.02. The molecular weight excluding hydrogens is 337 g/mol. The minimum absolute atomic E-state index is 0.0587. The molecular formula is C12H7BrFNO3S. The number of carbonyl (C=O) groups excluding carboxylic acids is 1. The Morgan fingerprint density at radius 3 is 2.58 bits per heavy atom. The summed E-state index contributed by atoms with van der Waals surface area (Å²) in [6, 6.07) is 6.49. The Bertz CT molecular complexity index is 656. The molecule has 0 aliphatic heterocycles. The molecule has 0 saturated carbocycles. The van der Waals surface area contributed by atoms with Gasteiger partial charge >= 0.3 is 5.97 Å². The first kappa shape index (κ1) is 13.7. The third-order valence-corrected chi connectivity index (χ3v) is 3.88. The Morgan fingerprint density at radius 2 is 2.00 bits per heavy atom. The number of rotatable bonds is 3. The predicted molar refractivity (Wildman–Crippen MR) is 73.3 cm³/mol. The number of carbonyl (C=O) groups is 2. The lowest BCUT2D eigenvalue weighted by Gasteiger charge is -2.07. The first-order valence-electron chi connectivity index (χ1n) is 5.07. The monoisotopic (exact) mass is 343 g/mol. The molecule has 0 aliphatic rings. The van der Waals surface area contributed by atoms with Gasteiger partial charge < -0.3 is 10.4 Å². The van der Waals surface area contributed by atoms with Gasteiger partial charge in [0.05, 0.1) is 19.9 Å². The number of nitrogens with one attached hydrogen (secondary N) is 1. The molecule has 19 heavy (non-hydrogen) atoms. The van der Waals surface area contributed by atoms with Crippen molar-refractivity contribution in [1.29, 1.82) is 0 Å². The number of aromatic carboxylic acids is 1. The average molecular weight is 344 g/mol. The molecule has 1 aromatic carbocycles. The van der Waals surface area contributed by atoms with Gasteiger partial charge in [0.2, 0.25) is 0 Å². The summed E-state index contributed by atoms with van der Waals surface area (Å²) in [6.07, 6.45) is 0. The Hall–Kier alpha value is -1.73. The Labute approximate surface area is 120 Å². The Kier molecular flexibility index (Phi) is 3.96. The van der Waals surface area contributed by atoms with Crippen molar-refractivity contribution in [3.8, 4) is 0 Å². The molecule has 0 saturated heterocycles. The highest BCUT2D eigenvalue weighted by Gasteiger charge is 2.15. The summed E-state index contributed by atoms with van der Waals surface area (Å²) in [5.74, 6) is -2.42. The maximum Gasteiger partial charge on any atom is 0.337 e. The summed E-state index contributed by atoms with van der Waals surface area (Å²) >= 11 is 4.44. The molecule has 0 bridgehead atoms. The van der Waals surface area contributed by atoms with Gasteiger partial charge in [0.25, 0.3) is 5.91 Å². The molecule has 1 aromatic heterocycles. The molecule has 7 heteroatoms. The zero-order valence-electron chi connectivity index (χ0n) is 9.31. The molecule has 1 amide bonds. The quantitative estimate of drug-likeness (QED) is 0.894. The van der Waals surface area contributed by atoms with Crippen LogP contribution in [0.4, 0.5) is 10.1 Å². The van der Waals surface area contributed by atoms with Gasteiger partial charge in [-0.25, -0.2) is 9.18 Å². The second kappa shape index (κ2) is 5.50. The van der Waals surface area contributed by atoms with Crippen LogP contribution in [0, 0.1) is 5.82 Å². The number of thiophene rings is 1. The zero-order chi connectivity index (χ0) is 14.0. The van der Waals surface area contributed by atoms with Gasteiger partial charge in [-0.05, 0) is 46.3 Å². The Balaban J connectivity index is 2.28. The van der Waals surface area contributed by atoms with Gasteiger partial charge in [0.1, 0.15) is 5.82 Å². The fourth-order valence-electron chi connectivity index (χ4n) is 1.42. The summed E-state index contributed by atoms with van der Waals surface area (Å²) in [5.41, 5.74) is -0.229. The van der Waals surface area contributed by atoms with E-state index in [4.69, 9.17) is 5.11 Å². The highest BCUT2D eigenvalue weighted by molar-refractivity contribution is 9.11. The van der Waals surface area contributed by atoms with E-state index in [1.807, 2.05) is 0 Å². The largest absolute Gasteiger partial charge is 0.478 e. The lowest BCUT2D eigenvalue weighted by molar-refractivity contribution is 0.0697. The predicted octanol–water partition coefficient (Wildman–Crippen LogP) is 3.60. The third kappa shape index (κ3) is 3.18. The Morgan fingerprint density at radius 1 is 1.26 bits per heavy atom. The number of amides is 1. The molecule has 2 rings (SSSR count). The van der Waals surface area contributed by atoms with Crippen LogP contribution in [-0.4, -0.2) is 17.0 Å². The molecule has 0 fully saturated rings. The van der Waals surface area contributed by atoms with Gasteiger partial charge in [-0.2, -0.15) is 0 Å². The molecule has 0 spiro atoms. The van der Waals surface area contributed by atoms with Crippen LogP contribution in [-0.2, 0) is 0 Å². The minimum atomic E-state index is -1.30. The first-order chi connectivity index (χ1) is 8.97. The van der Waals surface area contributed by atoms with Crippen LogP contribution in [0.2, 0.25) is 0 Å². The molecule has 1 heterocycles. The van der Waals surface area contributed by atoms with E-state index >= 15 is 0 Å². The number of halogens is 2. The maximum atomic E-state index is 13.0. The van der Waals surface area contributed by atoms with Gasteiger partial charge in [0.15, 0.2) is 0 Å². The lowest BCUT2D eigenvalue weighted by atomic mass is 10.1. The van der Waals surface area contributed by atoms with E-state index < -0.39 is 17.7 Å². The van der Waals surface area contributed by atoms with E-state index in [9.17, 15) is 14.0 Å². The van der Waals surface area contributed by atoms with Crippen LogP contribution in [0.1, 0.15) is 20.0 Å². The first-order valence-corrected chi connectivity index (χ1v) is 6.68. The standard InChI is InChI=1S/C12H7BrFNO3S/c13-10-4-3-9(19-10)11(16)15-8-2-1-6(14)5-7(8)12(17)18/h1-5H,(H,15,16)(H,17,18). The number of hydrogen-bond donors (Lipinski definition) is 2. The van der Waals surface area contributed by atoms with Crippen molar-refractivity contribution in [1.82, 2.24) is 0 Å². The SMILES string of the molecule is O=C(Nc1ccc(F)cc1C(=O)O)c1ccc(Br)s1. The normalized spacial score (nSPS) is 10.2. The number of hydrogen-bond acceptors (Lipinski definition) is 3. The van der Waals surface area contributed by atoms with Gasteiger partial charge in [-0.3, -0.25) is 4.79 Å².